The van der Waals surface area contributed by atoms with Gasteiger partial charge >= 0.3 is 5.97 Å². The van der Waals surface area contributed by atoms with Gasteiger partial charge in [-0.2, -0.15) is 0 Å². The standard InChI is InChI=1S/C18H14ClFN2O3.C3H6O2/c1-2-24-18(23)12-6-16-17(21-8-12)7-13(9-22-16)25-10-11-3-4-15(20)14(19)5-11;1-2-5-3-4/h3-9H,2,10H2,1H3;3H,2H2,1H3. The number of nitrogens with zero attached hydrogens (tertiary/aromatic N) is 2. The van der Waals surface area contributed by atoms with E-state index in [9.17, 15) is 14.0 Å². The van der Waals surface area contributed by atoms with Crippen LogP contribution in [0.3, 0.4) is 0 Å². The van der Waals surface area contributed by atoms with Crippen molar-refractivity contribution in [3.8, 4) is 5.75 Å². The van der Waals surface area contributed by atoms with Gasteiger partial charge in [0, 0.05) is 12.3 Å². The Morgan fingerprint density at radius 3 is 2.47 bits per heavy atom. The molecule has 3 rings (SSSR count). The fourth-order valence-corrected chi connectivity index (χ4v) is 2.46. The number of carbonyl (C=O) groups is 2. The third-order valence-electron chi connectivity index (χ3n) is 3.64. The van der Waals surface area contributed by atoms with Crippen LogP contribution >= 0.6 is 11.6 Å². The molecule has 0 N–H and O–H groups in total. The van der Waals surface area contributed by atoms with E-state index in [4.69, 9.17) is 21.1 Å². The maximum Gasteiger partial charge on any atom is 0.339 e. The average molecular weight is 435 g/mol. The van der Waals surface area contributed by atoms with Crippen molar-refractivity contribution in [3.05, 3.63) is 64.7 Å². The maximum atomic E-state index is 13.2. The number of pyridine rings is 2. The van der Waals surface area contributed by atoms with Crippen molar-refractivity contribution in [2.45, 2.75) is 20.5 Å². The van der Waals surface area contributed by atoms with E-state index in [0.717, 1.165) is 5.56 Å². The van der Waals surface area contributed by atoms with Gasteiger partial charge in [-0.25, -0.2) is 9.18 Å². The second-order valence-electron chi connectivity index (χ2n) is 5.74. The highest BCUT2D eigenvalue weighted by Gasteiger charge is 2.09. The molecule has 2 aromatic heterocycles. The lowest BCUT2D eigenvalue weighted by Gasteiger charge is -2.08. The molecule has 0 unspecified atom stereocenters. The molecule has 0 atom stereocenters. The summed E-state index contributed by atoms with van der Waals surface area (Å²) in [5.74, 6) is -0.407. The van der Waals surface area contributed by atoms with E-state index in [1.54, 1.807) is 32.0 Å². The molecule has 0 aliphatic heterocycles. The van der Waals surface area contributed by atoms with Gasteiger partial charge in [-0.1, -0.05) is 17.7 Å². The van der Waals surface area contributed by atoms with Gasteiger partial charge in [0.25, 0.3) is 6.47 Å². The molecule has 158 valence electrons. The van der Waals surface area contributed by atoms with Gasteiger partial charge in [0.05, 0.1) is 41.0 Å². The molecule has 0 aliphatic carbocycles. The van der Waals surface area contributed by atoms with Crippen molar-refractivity contribution in [2.24, 2.45) is 0 Å². The fourth-order valence-electron chi connectivity index (χ4n) is 2.25. The summed E-state index contributed by atoms with van der Waals surface area (Å²) in [6.45, 7) is 4.92. The number of ether oxygens (including phenoxy) is 3. The van der Waals surface area contributed by atoms with Crippen molar-refractivity contribution in [2.75, 3.05) is 13.2 Å². The number of benzene rings is 1. The summed E-state index contributed by atoms with van der Waals surface area (Å²) in [6.07, 6.45) is 2.97. The SMILES string of the molecule is CCOC(=O)c1cnc2cc(OCc3ccc(F)c(Cl)c3)cnc2c1.CCOC=O. The minimum absolute atomic E-state index is 0.0471. The van der Waals surface area contributed by atoms with Crippen LogP contribution in [0.5, 0.6) is 5.75 Å². The third kappa shape index (κ3) is 6.66. The number of hydrogen-bond acceptors (Lipinski definition) is 7. The molecular formula is C21H20ClFN2O5. The van der Waals surface area contributed by atoms with Crippen molar-refractivity contribution < 1.29 is 28.2 Å². The van der Waals surface area contributed by atoms with Crippen molar-refractivity contribution in [1.29, 1.82) is 0 Å². The first-order chi connectivity index (χ1) is 14.5. The number of carbonyl (C=O) groups excluding carboxylic acids is 2. The predicted molar refractivity (Wildman–Crippen MR) is 109 cm³/mol. The van der Waals surface area contributed by atoms with E-state index < -0.39 is 11.8 Å². The van der Waals surface area contributed by atoms with E-state index in [1.807, 2.05) is 0 Å². The van der Waals surface area contributed by atoms with Gasteiger partial charge < -0.3 is 14.2 Å². The molecule has 1 aromatic carbocycles. The Balaban J connectivity index is 0.000000575. The van der Waals surface area contributed by atoms with Crippen LogP contribution in [0.2, 0.25) is 5.02 Å². The smallest absolute Gasteiger partial charge is 0.339 e. The Labute approximate surface area is 177 Å². The molecule has 0 amide bonds. The second-order valence-corrected chi connectivity index (χ2v) is 6.15. The average Bonchev–Trinajstić information content (AvgIpc) is 2.75. The summed E-state index contributed by atoms with van der Waals surface area (Å²) in [7, 11) is 0. The summed E-state index contributed by atoms with van der Waals surface area (Å²) in [6, 6.07) is 7.72. The first-order valence-corrected chi connectivity index (χ1v) is 9.41. The molecule has 0 fully saturated rings. The number of esters is 1. The number of rotatable bonds is 7. The summed E-state index contributed by atoms with van der Waals surface area (Å²) < 4.78 is 27.9. The monoisotopic (exact) mass is 434 g/mol. The van der Waals surface area contributed by atoms with Crippen LogP contribution in [0, 0.1) is 5.82 Å². The zero-order valence-electron chi connectivity index (χ0n) is 16.4. The van der Waals surface area contributed by atoms with Gasteiger partial charge in [0.15, 0.2) is 0 Å². The predicted octanol–water partition coefficient (Wildman–Crippen LogP) is 4.36. The maximum absolute atomic E-state index is 13.2. The topological polar surface area (TPSA) is 87.6 Å². The first-order valence-electron chi connectivity index (χ1n) is 9.03. The number of halogens is 2. The van der Waals surface area contributed by atoms with E-state index in [2.05, 4.69) is 14.7 Å². The largest absolute Gasteiger partial charge is 0.487 e. The fraction of sp³-hybridized carbons (Fsp3) is 0.238. The summed E-state index contributed by atoms with van der Waals surface area (Å²) in [4.78, 5) is 29.4. The lowest BCUT2D eigenvalue weighted by atomic mass is 10.2. The molecule has 0 saturated heterocycles. The Hall–Kier alpha value is -3.26. The van der Waals surface area contributed by atoms with Crippen molar-refractivity contribution in [1.82, 2.24) is 9.97 Å². The molecule has 3 aromatic rings. The van der Waals surface area contributed by atoms with Gasteiger partial charge in [0.2, 0.25) is 0 Å². The zero-order valence-corrected chi connectivity index (χ0v) is 17.2. The molecule has 0 saturated carbocycles. The Morgan fingerprint density at radius 1 is 1.10 bits per heavy atom. The van der Waals surface area contributed by atoms with Crippen LogP contribution in [-0.4, -0.2) is 35.6 Å². The highest BCUT2D eigenvalue weighted by atomic mass is 35.5. The molecule has 0 bridgehead atoms. The zero-order chi connectivity index (χ0) is 21.9. The van der Waals surface area contributed by atoms with Crippen molar-refractivity contribution >= 4 is 35.1 Å². The molecule has 2 heterocycles. The summed E-state index contributed by atoms with van der Waals surface area (Å²) in [5, 5.41) is 0.0471. The molecular weight excluding hydrogens is 415 g/mol. The van der Waals surface area contributed by atoms with Gasteiger partial charge in [-0.05, 0) is 37.6 Å². The van der Waals surface area contributed by atoms with E-state index in [-0.39, 0.29) is 11.6 Å². The normalized spacial score (nSPS) is 10.0. The minimum atomic E-state index is -0.473. The first kappa shape index (κ1) is 23.0. The van der Waals surface area contributed by atoms with Crippen LogP contribution in [0.1, 0.15) is 29.8 Å². The highest BCUT2D eigenvalue weighted by molar-refractivity contribution is 6.30. The van der Waals surface area contributed by atoms with E-state index >= 15 is 0 Å². The summed E-state index contributed by atoms with van der Waals surface area (Å²) >= 11 is 5.75. The number of fused-ring (bicyclic) bond motifs is 1. The molecule has 7 nitrogen and oxygen atoms in total. The molecule has 0 radical (unpaired) electrons. The van der Waals surface area contributed by atoms with Crippen LogP contribution in [-0.2, 0) is 20.9 Å². The van der Waals surface area contributed by atoms with Gasteiger partial charge in [-0.15, -0.1) is 0 Å². The minimum Gasteiger partial charge on any atom is -0.487 e. The van der Waals surface area contributed by atoms with Crippen LogP contribution < -0.4 is 4.74 Å². The third-order valence-corrected chi connectivity index (χ3v) is 3.93. The quantitative estimate of drug-likeness (QED) is 0.403. The van der Waals surface area contributed by atoms with E-state index in [1.165, 1.54) is 24.5 Å². The molecule has 0 spiro atoms. The van der Waals surface area contributed by atoms with Crippen LogP contribution in [0.15, 0.2) is 42.7 Å². The number of aromatic nitrogens is 2. The van der Waals surface area contributed by atoms with Crippen LogP contribution in [0.4, 0.5) is 4.39 Å². The molecule has 0 aliphatic rings. The summed E-state index contributed by atoms with van der Waals surface area (Å²) in [5.41, 5.74) is 2.22. The lowest BCUT2D eigenvalue weighted by molar-refractivity contribution is -0.128. The Bertz CT molecular complexity index is 1020. The second kappa shape index (κ2) is 11.7. The van der Waals surface area contributed by atoms with Crippen LogP contribution in [0.25, 0.3) is 11.0 Å². The van der Waals surface area contributed by atoms with Crippen molar-refractivity contribution in [3.63, 3.8) is 0 Å². The molecule has 30 heavy (non-hydrogen) atoms. The lowest BCUT2D eigenvalue weighted by Crippen LogP contribution is -2.05. The van der Waals surface area contributed by atoms with Gasteiger partial charge in [-0.3, -0.25) is 14.8 Å². The van der Waals surface area contributed by atoms with Gasteiger partial charge in [0.1, 0.15) is 18.2 Å². The number of hydrogen-bond donors (Lipinski definition) is 0. The Morgan fingerprint density at radius 2 is 1.83 bits per heavy atom. The van der Waals surface area contributed by atoms with E-state index in [0.29, 0.717) is 42.0 Å². The highest BCUT2D eigenvalue weighted by Crippen LogP contribution is 2.21. The Kier molecular flexibility index (Phi) is 8.96. The molecule has 9 heteroatoms.